The average Bonchev–Trinajstić information content (AvgIpc) is 2.87. The van der Waals surface area contributed by atoms with Gasteiger partial charge in [0.25, 0.3) is 0 Å². The van der Waals surface area contributed by atoms with Crippen LogP contribution in [0.5, 0.6) is 0 Å². The zero-order valence-electron chi connectivity index (χ0n) is 10.6. The Labute approximate surface area is 122 Å². The molecule has 0 atom stereocenters. The number of aromatic carboxylic acids is 1. The first-order valence-corrected chi connectivity index (χ1v) is 6.79. The molecule has 2 N–H and O–H groups in total. The normalized spacial score (nSPS) is 11.6. The molecule has 8 heteroatoms. The lowest BCUT2D eigenvalue weighted by atomic mass is 10.1. The Kier molecular flexibility index (Phi) is 4.59. The first kappa shape index (κ1) is 15.5. The standard InChI is InChI=1S/C13H11F3N2O2S/c14-13(15,16)10-4-2-1-3-8(10)5-17-6-9-7-21-11(18-9)12(19)20/h1-4,7,17H,5-6H2,(H,19,20). The van der Waals surface area contributed by atoms with Gasteiger partial charge in [-0.2, -0.15) is 13.2 Å². The van der Waals surface area contributed by atoms with Crippen molar-refractivity contribution in [2.24, 2.45) is 0 Å². The van der Waals surface area contributed by atoms with Crippen LogP contribution in [0.25, 0.3) is 0 Å². The van der Waals surface area contributed by atoms with Crippen LogP contribution in [0.4, 0.5) is 13.2 Å². The molecule has 21 heavy (non-hydrogen) atoms. The van der Waals surface area contributed by atoms with Crippen molar-refractivity contribution < 1.29 is 23.1 Å². The van der Waals surface area contributed by atoms with Crippen molar-refractivity contribution in [2.45, 2.75) is 19.3 Å². The van der Waals surface area contributed by atoms with Gasteiger partial charge in [0.15, 0.2) is 0 Å². The number of alkyl halides is 3. The zero-order chi connectivity index (χ0) is 15.5. The fraction of sp³-hybridized carbons (Fsp3) is 0.231. The number of carboxylic acid groups (broad SMARTS) is 1. The Bertz CT molecular complexity index is 640. The lowest BCUT2D eigenvalue weighted by molar-refractivity contribution is -0.138. The highest BCUT2D eigenvalue weighted by Gasteiger charge is 2.32. The summed E-state index contributed by atoms with van der Waals surface area (Å²) in [6.07, 6.45) is -4.39. The van der Waals surface area contributed by atoms with Crippen molar-refractivity contribution in [3.8, 4) is 0 Å². The second kappa shape index (κ2) is 6.23. The summed E-state index contributed by atoms with van der Waals surface area (Å²) in [5.41, 5.74) is -0.0532. The van der Waals surface area contributed by atoms with Crippen LogP contribution in [0.1, 0.15) is 26.6 Å². The number of aromatic nitrogens is 1. The Morgan fingerprint density at radius 1 is 1.29 bits per heavy atom. The third-order valence-electron chi connectivity index (χ3n) is 2.68. The number of hydrogen-bond donors (Lipinski definition) is 2. The van der Waals surface area contributed by atoms with Crippen LogP contribution in [-0.2, 0) is 19.3 Å². The van der Waals surface area contributed by atoms with Crippen LogP contribution in [0, 0.1) is 0 Å². The number of thiazole rings is 1. The van der Waals surface area contributed by atoms with E-state index in [9.17, 15) is 18.0 Å². The SMILES string of the molecule is O=C(O)c1nc(CNCc2ccccc2C(F)(F)F)cs1. The first-order valence-electron chi connectivity index (χ1n) is 5.91. The third-order valence-corrected chi connectivity index (χ3v) is 3.56. The Balaban J connectivity index is 1.99. The molecule has 0 bridgehead atoms. The minimum atomic E-state index is -4.39. The van der Waals surface area contributed by atoms with Crippen molar-refractivity contribution in [3.63, 3.8) is 0 Å². The predicted octanol–water partition coefficient (Wildman–Crippen LogP) is 3.15. The van der Waals surface area contributed by atoms with E-state index in [-0.39, 0.29) is 23.7 Å². The summed E-state index contributed by atoms with van der Waals surface area (Å²) in [5, 5.41) is 13.1. The fourth-order valence-electron chi connectivity index (χ4n) is 1.76. The van der Waals surface area contributed by atoms with Gasteiger partial charge in [-0.1, -0.05) is 18.2 Å². The lowest BCUT2D eigenvalue weighted by Crippen LogP contribution is -2.17. The van der Waals surface area contributed by atoms with E-state index in [0.29, 0.717) is 5.69 Å². The van der Waals surface area contributed by atoms with Gasteiger partial charge in [0.2, 0.25) is 5.01 Å². The van der Waals surface area contributed by atoms with Crippen molar-refractivity contribution in [1.29, 1.82) is 0 Å². The van der Waals surface area contributed by atoms with E-state index in [1.165, 1.54) is 18.2 Å². The summed E-state index contributed by atoms with van der Waals surface area (Å²) in [4.78, 5) is 14.5. The quantitative estimate of drug-likeness (QED) is 0.889. The molecule has 2 aromatic rings. The minimum absolute atomic E-state index is 0.0234. The predicted molar refractivity (Wildman–Crippen MR) is 71.1 cm³/mol. The van der Waals surface area contributed by atoms with Gasteiger partial charge in [0.05, 0.1) is 11.3 Å². The van der Waals surface area contributed by atoms with Crippen LogP contribution in [0.3, 0.4) is 0 Å². The molecule has 2 rings (SSSR count). The van der Waals surface area contributed by atoms with Crippen LogP contribution < -0.4 is 5.32 Å². The topological polar surface area (TPSA) is 62.2 Å². The maximum Gasteiger partial charge on any atom is 0.416 e. The number of rotatable bonds is 5. The van der Waals surface area contributed by atoms with E-state index < -0.39 is 17.7 Å². The Hall–Kier alpha value is -1.93. The van der Waals surface area contributed by atoms with Gasteiger partial charge >= 0.3 is 12.1 Å². The van der Waals surface area contributed by atoms with Gasteiger partial charge < -0.3 is 10.4 Å². The summed E-state index contributed by atoms with van der Waals surface area (Å²) in [5.74, 6) is -1.12. The molecule has 0 saturated carbocycles. The summed E-state index contributed by atoms with van der Waals surface area (Å²) < 4.78 is 38.4. The molecular weight excluding hydrogens is 305 g/mol. The Morgan fingerprint density at radius 3 is 2.62 bits per heavy atom. The van der Waals surface area contributed by atoms with Crippen LogP contribution >= 0.6 is 11.3 Å². The molecule has 112 valence electrons. The molecule has 1 heterocycles. The van der Waals surface area contributed by atoms with Crippen molar-refractivity contribution in [1.82, 2.24) is 10.3 Å². The molecule has 0 aliphatic rings. The number of hydrogen-bond acceptors (Lipinski definition) is 4. The molecule has 0 aliphatic carbocycles. The number of carbonyl (C=O) groups is 1. The van der Waals surface area contributed by atoms with E-state index in [2.05, 4.69) is 10.3 Å². The average molecular weight is 316 g/mol. The van der Waals surface area contributed by atoms with Crippen molar-refractivity contribution in [3.05, 3.63) is 51.5 Å². The highest BCUT2D eigenvalue weighted by Crippen LogP contribution is 2.31. The molecule has 0 radical (unpaired) electrons. The molecule has 0 fully saturated rings. The van der Waals surface area contributed by atoms with E-state index in [0.717, 1.165) is 17.4 Å². The third kappa shape index (κ3) is 4.02. The summed E-state index contributed by atoms with van der Waals surface area (Å²) in [6, 6.07) is 5.31. The number of benzene rings is 1. The number of nitrogens with zero attached hydrogens (tertiary/aromatic N) is 1. The summed E-state index contributed by atoms with van der Waals surface area (Å²) in [6.45, 7) is 0.228. The molecule has 4 nitrogen and oxygen atoms in total. The van der Waals surface area contributed by atoms with Gasteiger partial charge in [-0.25, -0.2) is 9.78 Å². The molecule has 0 amide bonds. The summed E-state index contributed by atoms with van der Waals surface area (Å²) in [7, 11) is 0. The molecule has 0 aliphatic heterocycles. The molecule has 0 unspecified atom stereocenters. The molecular formula is C13H11F3N2O2S. The highest BCUT2D eigenvalue weighted by molar-refractivity contribution is 7.11. The van der Waals surface area contributed by atoms with Gasteiger partial charge in [0, 0.05) is 18.5 Å². The molecule has 0 spiro atoms. The molecule has 1 aromatic heterocycles. The lowest BCUT2D eigenvalue weighted by Gasteiger charge is -2.12. The number of nitrogens with one attached hydrogen (secondary N) is 1. The number of halogens is 3. The minimum Gasteiger partial charge on any atom is -0.476 e. The van der Waals surface area contributed by atoms with E-state index >= 15 is 0 Å². The Morgan fingerprint density at radius 2 is 2.00 bits per heavy atom. The first-order chi connectivity index (χ1) is 9.88. The summed E-state index contributed by atoms with van der Waals surface area (Å²) >= 11 is 0.981. The van der Waals surface area contributed by atoms with Gasteiger partial charge in [0.1, 0.15) is 0 Å². The van der Waals surface area contributed by atoms with E-state index in [1.807, 2.05) is 0 Å². The maximum atomic E-state index is 12.8. The van der Waals surface area contributed by atoms with Crippen LogP contribution in [0.2, 0.25) is 0 Å². The maximum absolute atomic E-state index is 12.8. The van der Waals surface area contributed by atoms with E-state index in [1.54, 1.807) is 5.38 Å². The second-order valence-electron chi connectivity index (χ2n) is 4.21. The second-order valence-corrected chi connectivity index (χ2v) is 5.07. The monoisotopic (exact) mass is 316 g/mol. The van der Waals surface area contributed by atoms with Gasteiger partial charge in [-0.05, 0) is 11.6 Å². The van der Waals surface area contributed by atoms with Gasteiger partial charge in [-0.15, -0.1) is 11.3 Å². The number of carboxylic acids is 1. The van der Waals surface area contributed by atoms with Crippen molar-refractivity contribution >= 4 is 17.3 Å². The molecule has 0 saturated heterocycles. The van der Waals surface area contributed by atoms with Crippen molar-refractivity contribution in [2.75, 3.05) is 0 Å². The van der Waals surface area contributed by atoms with E-state index in [4.69, 9.17) is 5.11 Å². The largest absolute Gasteiger partial charge is 0.476 e. The fourth-order valence-corrected chi connectivity index (χ4v) is 2.42. The highest BCUT2D eigenvalue weighted by atomic mass is 32.1. The smallest absolute Gasteiger partial charge is 0.416 e. The molecule has 1 aromatic carbocycles. The van der Waals surface area contributed by atoms with Gasteiger partial charge in [-0.3, -0.25) is 0 Å². The van der Waals surface area contributed by atoms with Crippen LogP contribution in [-0.4, -0.2) is 16.1 Å². The van der Waals surface area contributed by atoms with Crippen LogP contribution in [0.15, 0.2) is 29.6 Å². The zero-order valence-corrected chi connectivity index (χ0v) is 11.5.